The number of nitriles is 1. The van der Waals surface area contributed by atoms with Crippen LogP contribution in [0.4, 0.5) is 5.69 Å². The van der Waals surface area contributed by atoms with E-state index in [0.29, 0.717) is 22.6 Å². The summed E-state index contributed by atoms with van der Waals surface area (Å²) in [5.41, 5.74) is 1.03. The molecule has 0 amide bonds. The van der Waals surface area contributed by atoms with E-state index in [-0.39, 0.29) is 21.8 Å². The number of allylic oxidation sites excluding steroid dienone is 1. The van der Waals surface area contributed by atoms with Gasteiger partial charge < -0.3 is 9.52 Å². The molecule has 1 aromatic heterocycles. The van der Waals surface area contributed by atoms with Gasteiger partial charge in [0, 0.05) is 17.7 Å². The third-order valence-electron chi connectivity index (χ3n) is 3.89. The molecule has 1 heterocycles. The first-order valence-electron chi connectivity index (χ1n) is 7.88. The molecule has 3 rings (SSSR count). The molecule has 0 aliphatic carbocycles. The van der Waals surface area contributed by atoms with Crippen LogP contribution in [0.5, 0.6) is 0 Å². The molecule has 3 aromatic rings. The van der Waals surface area contributed by atoms with Crippen molar-refractivity contribution in [2.45, 2.75) is 0 Å². The molecule has 0 aliphatic heterocycles. The first-order valence-corrected chi connectivity index (χ1v) is 8.26. The number of nitrogens with zero attached hydrogens (tertiary/aromatic N) is 2. The largest absolute Gasteiger partial charge is 0.478 e. The van der Waals surface area contributed by atoms with Crippen LogP contribution in [0.2, 0.25) is 5.02 Å². The molecule has 0 saturated heterocycles. The number of benzene rings is 2. The molecule has 0 fully saturated rings. The van der Waals surface area contributed by atoms with Gasteiger partial charge in [-0.3, -0.25) is 10.1 Å². The Morgan fingerprint density at radius 3 is 2.64 bits per heavy atom. The minimum absolute atomic E-state index is 0.0190. The van der Waals surface area contributed by atoms with Crippen LogP contribution in [0.3, 0.4) is 0 Å². The van der Waals surface area contributed by atoms with E-state index >= 15 is 0 Å². The lowest BCUT2D eigenvalue weighted by molar-refractivity contribution is -0.384. The maximum absolute atomic E-state index is 11.0. The predicted octanol–water partition coefficient (Wildman–Crippen LogP) is 5.27. The number of aromatic carboxylic acids is 1. The van der Waals surface area contributed by atoms with Gasteiger partial charge >= 0.3 is 5.97 Å². The number of rotatable bonds is 5. The molecule has 138 valence electrons. The predicted molar refractivity (Wildman–Crippen MR) is 103 cm³/mol. The smallest absolute Gasteiger partial charge is 0.337 e. The zero-order valence-corrected chi connectivity index (χ0v) is 14.9. The minimum Gasteiger partial charge on any atom is -0.478 e. The molecule has 0 radical (unpaired) electrons. The van der Waals surface area contributed by atoms with Gasteiger partial charge in [0.15, 0.2) is 0 Å². The number of furan rings is 1. The van der Waals surface area contributed by atoms with E-state index in [2.05, 4.69) is 0 Å². The highest BCUT2D eigenvalue weighted by Gasteiger charge is 2.13. The van der Waals surface area contributed by atoms with Crippen LogP contribution in [0.25, 0.3) is 23.0 Å². The van der Waals surface area contributed by atoms with Gasteiger partial charge in [-0.15, -0.1) is 0 Å². The molecular weight excluding hydrogens is 384 g/mol. The van der Waals surface area contributed by atoms with Gasteiger partial charge in [0.1, 0.15) is 11.5 Å². The molecule has 0 aliphatic rings. The third kappa shape index (κ3) is 3.92. The maximum Gasteiger partial charge on any atom is 0.337 e. The van der Waals surface area contributed by atoms with Crippen molar-refractivity contribution in [3.05, 3.63) is 86.6 Å². The van der Waals surface area contributed by atoms with E-state index in [9.17, 15) is 20.2 Å². The fourth-order valence-electron chi connectivity index (χ4n) is 2.54. The number of carboxylic acids is 1. The van der Waals surface area contributed by atoms with Gasteiger partial charge in [-0.1, -0.05) is 29.8 Å². The Morgan fingerprint density at radius 1 is 1.21 bits per heavy atom. The van der Waals surface area contributed by atoms with Gasteiger partial charge in [0.2, 0.25) is 0 Å². The summed E-state index contributed by atoms with van der Waals surface area (Å²) in [4.78, 5) is 21.4. The number of halogens is 1. The van der Waals surface area contributed by atoms with Crippen LogP contribution in [-0.2, 0) is 0 Å². The molecule has 1 N–H and O–H groups in total. The van der Waals surface area contributed by atoms with E-state index in [4.69, 9.17) is 21.1 Å². The molecular formula is C20H11ClN2O5. The zero-order valence-electron chi connectivity index (χ0n) is 14.1. The Kier molecular flexibility index (Phi) is 5.25. The van der Waals surface area contributed by atoms with Crippen molar-refractivity contribution in [1.29, 1.82) is 5.26 Å². The standard InChI is InChI=1S/C20H11ClN2O5/c21-18-10-13(4-6-17(18)20(24)25)19-7-5-16(28-19)9-14(11-22)12-2-1-3-15(8-12)23(26)27/h1-10H,(H,24,25)/b14-9-. The monoisotopic (exact) mass is 394 g/mol. The van der Waals surface area contributed by atoms with Crippen LogP contribution in [0.15, 0.2) is 59.0 Å². The average molecular weight is 395 g/mol. The van der Waals surface area contributed by atoms with Crippen molar-refractivity contribution < 1.29 is 19.2 Å². The number of non-ortho nitro benzene ring substituents is 1. The summed E-state index contributed by atoms with van der Waals surface area (Å²) in [6.45, 7) is 0. The molecule has 0 bridgehead atoms. The van der Waals surface area contributed by atoms with Gasteiger partial charge in [0.05, 0.1) is 27.2 Å². The van der Waals surface area contributed by atoms with Crippen LogP contribution in [0, 0.1) is 21.4 Å². The van der Waals surface area contributed by atoms with E-state index in [1.54, 1.807) is 24.3 Å². The summed E-state index contributed by atoms with van der Waals surface area (Å²) >= 11 is 5.98. The molecule has 2 aromatic carbocycles. The zero-order chi connectivity index (χ0) is 20.3. The summed E-state index contributed by atoms with van der Waals surface area (Å²) in [6.07, 6.45) is 1.47. The van der Waals surface area contributed by atoms with E-state index < -0.39 is 10.9 Å². The molecule has 8 heteroatoms. The Labute approximate surface area is 163 Å². The van der Waals surface area contributed by atoms with Crippen molar-refractivity contribution in [1.82, 2.24) is 0 Å². The van der Waals surface area contributed by atoms with Crippen LogP contribution in [-0.4, -0.2) is 16.0 Å². The lowest BCUT2D eigenvalue weighted by atomic mass is 10.1. The van der Waals surface area contributed by atoms with E-state index in [1.165, 1.54) is 36.4 Å². The Bertz CT molecular complexity index is 1160. The highest BCUT2D eigenvalue weighted by molar-refractivity contribution is 6.33. The Morgan fingerprint density at radius 2 is 2.00 bits per heavy atom. The van der Waals surface area contributed by atoms with Crippen LogP contribution >= 0.6 is 11.6 Å². The summed E-state index contributed by atoms with van der Waals surface area (Å²) in [7, 11) is 0. The SMILES string of the molecule is N#C/C(=C/c1ccc(-c2ccc(C(=O)O)c(Cl)c2)o1)c1cccc([N+](=O)[O-])c1. The molecule has 0 unspecified atom stereocenters. The summed E-state index contributed by atoms with van der Waals surface area (Å²) < 4.78 is 5.69. The summed E-state index contributed by atoms with van der Waals surface area (Å²) in [5, 5.41) is 29.4. The lowest BCUT2D eigenvalue weighted by Crippen LogP contribution is -1.96. The molecule has 0 atom stereocenters. The average Bonchev–Trinajstić information content (AvgIpc) is 3.14. The second kappa shape index (κ2) is 7.78. The summed E-state index contributed by atoms with van der Waals surface area (Å²) in [5.74, 6) is -0.340. The van der Waals surface area contributed by atoms with Gasteiger partial charge in [-0.25, -0.2) is 4.79 Å². The van der Waals surface area contributed by atoms with Crippen molar-refractivity contribution >= 4 is 34.9 Å². The van der Waals surface area contributed by atoms with Crippen molar-refractivity contribution in [3.8, 4) is 17.4 Å². The molecule has 28 heavy (non-hydrogen) atoms. The molecule has 0 saturated carbocycles. The van der Waals surface area contributed by atoms with Gasteiger partial charge in [-0.05, 0) is 35.9 Å². The van der Waals surface area contributed by atoms with E-state index in [1.807, 2.05) is 6.07 Å². The minimum atomic E-state index is -1.13. The topological polar surface area (TPSA) is 117 Å². The second-order valence-corrected chi connectivity index (χ2v) is 6.09. The lowest BCUT2D eigenvalue weighted by Gasteiger charge is -2.02. The van der Waals surface area contributed by atoms with Gasteiger partial charge in [-0.2, -0.15) is 5.26 Å². The van der Waals surface area contributed by atoms with Crippen molar-refractivity contribution in [2.75, 3.05) is 0 Å². The number of hydrogen-bond acceptors (Lipinski definition) is 5. The summed E-state index contributed by atoms with van der Waals surface area (Å²) in [6, 6.07) is 15.4. The first kappa shape index (κ1) is 18.9. The quantitative estimate of drug-likeness (QED) is 0.357. The highest BCUT2D eigenvalue weighted by Crippen LogP contribution is 2.29. The number of carboxylic acid groups (broad SMARTS) is 1. The maximum atomic E-state index is 11.0. The van der Waals surface area contributed by atoms with Crippen molar-refractivity contribution in [2.24, 2.45) is 0 Å². The third-order valence-corrected chi connectivity index (χ3v) is 4.20. The highest BCUT2D eigenvalue weighted by atomic mass is 35.5. The van der Waals surface area contributed by atoms with Crippen molar-refractivity contribution in [3.63, 3.8) is 0 Å². The Hall–Kier alpha value is -3.89. The number of carbonyl (C=O) groups is 1. The number of hydrogen-bond donors (Lipinski definition) is 1. The fraction of sp³-hybridized carbons (Fsp3) is 0. The normalized spacial score (nSPS) is 11.1. The van der Waals surface area contributed by atoms with Crippen LogP contribution < -0.4 is 0 Å². The molecule has 0 spiro atoms. The first-order chi connectivity index (χ1) is 13.4. The second-order valence-electron chi connectivity index (χ2n) is 5.68. The fourth-order valence-corrected chi connectivity index (χ4v) is 2.80. The van der Waals surface area contributed by atoms with Crippen LogP contribution in [0.1, 0.15) is 21.7 Å². The Balaban J connectivity index is 1.94. The number of nitro benzene ring substituents is 1. The van der Waals surface area contributed by atoms with E-state index in [0.717, 1.165) is 0 Å². The number of nitro groups is 1. The molecule has 7 nitrogen and oxygen atoms in total. The van der Waals surface area contributed by atoms with Gasteiger partial charge in [0.25, 0.3) is 5.69 Å².